The summed E-state index contributed by atoms with van der Waals surface area (Å²) in [5.41, 5.74) is 1.64. The number of hydrogen-bond acceptors (Lipinski definition) is 8. The van der Waals surface area contributed by atoms with Crippen molar-refractivity contribution in [1.82, 2.24) is 4.90 Å². The van der Waals surface area contributed by atoms with Crippen molar-refractivity contribution in [3.63, 3.8) is 0 Å². The number of fused-ring (bicyclic) bond motifs is 3. The monoisotopic (exact) mass is 756 g/mol. The third kappa shape index (κ3) is 5.10. The van der Waals surface area contributed by atoms with E-state index in [1.807, 2.05) is 102 Å². The number of anilines is 1. The third-order valence-corrected chi connectivity index (χ3v) is 10.1. The number of aliphatic hydroxyl groups is 1. The molecule has 244 valence electrons. The first-order valence-corrected chi connectivity index (χ1v) is 16.8. The first-order valence-electron chi connectivity index (χ1n) is 15.7. The van der Waals surface area contributed by atoms with Crippen LogP contribution in [-0.2, 0) is 29.3 Å². The molecule has 1 spiro atoms. The highest BCUT2D eigenvalue weighted by molar-refractivity contribution is 14.1. The van der Waals surface area contributed by atoms with Gasteiger partial charge in [0.1, 0.15) is 42.4 Å². The van der Waals surface area contributed by atoms with Crippen molar-refractivity contribution in [2.45, 2.75) is 29.6 Å². The summed E-state index contributed by atoms with van der Waals surface area (Å²) in [7, 11) is 0. The van der Waals surface area contributed by atoms with Gasteiger partial charge >= 0.3 is 11.9 Å². The number of hydrogen-bond donors (Lipinski definition) is 2. The zero-order valence-electron chi connectivity index (χ0n) is 25.8. The van der Waals surface area contributed by atoms with Gasteiger partial charge in [-0.1, -0.05) is 91.5 Å². The number of halogens is 1. The van der Waals surface area contributed by atoms with Crippen LogP contribution in [0.15, 0.2) is 116 Å². The number of carbonyl (C=O) groups is 3. The molecule has 10 heteroatoms. The molecule has 2 fully saturated rings. The smallest absolute Gasteiger partial charge is 0.325 e. The number of amides is 1. The highest BCUT2D eigenvalue weighted by atomic mass is 127. The predicted molar refractivity (Wildman–Crippen MR) is 186 cm³/mol. The fourth-order valence-electron chi connectivity index (χ4n) is 7.73. The van der Waals surface area contributed by atoms with E-state index in [9.17, 15) is 19.5 Å². The summed E-state index contributed by atoms with van der Waals surface area (Å²) < 4.78 is 19.1. The van der Waals surface area contributed by atoms with Crippen LogP contribution in [-0.4, -0.2) is 53.7 Å². The van der Waals surface area contributed by atoms with Gasteiger partial charge in [-0.2, -0.15) is 0 Å². The van der Waals surface area contributed by atoms with Crippen LogP contribution in [0.2, 0.25) is 0 Å². The Kier molecular flexibility index (Phi) is 8.80. The number of aliphatic hydroxyl groups excluding tert-OH is 1. The van der Waals surface area contributed by atoms with Gasteiger partial charge in [0.2, 0.25) is 5.91 Å². The molecule has 0 aromatic heterocycles. The second kappa shape index (κ2) is 13.2. The summed E-state index contributed by atoms with van der Waals surface area (Å²) in [5, 5.41) is 12.8. The van der Waals surface area contributed by atoms with Gasteiger partial charge in [0, 0.05) is 14.8 Å². The third-order valence-electron chi connectivity index (χ3n) is 9.43. The topological polar surface area (TPSA) is 114 Å². The van der Waals surface area contributed by atoms with Crippen LogP contribution in [0.4, 0.5) is 5.69 Å². The Balaban J connectivity index is 1.58. The Labute approximate surface area is 291 Å². The van der Waals surface area contributed by atoms with Crippen LogP contribution in [0.3, 0.4) is 0 Å². The molecular formula is C38H33IN2O7. The normalized spacial score (nSPS) is 25.9. The van der Waals surface area contributed by atoms with Crippen molar-refractivity contribution in [3.8, 4) is 5.75 Å². The lowest BCUT2D eigenvalue weighted by Crippen LogP contribution is -2.52. The molecule has 0 radical (unpaired) electrons. The number of nitrogens with one attached hydrogen (secondary N) is 1. The summed E-state index contributed by atoms with van der Waals surface area (Å²) >= 11 is 2.19. The second-order valence-electron chi connectivity index (χ2n) is 11.9. The number of rotatable bonds is 9. The van der Waals surface area contributed by atoms with Crippen LogP contribution in [0, 0.1) is 9.49 Å². The molecule has 2 N–H and O–H groups in total. The average Bonchev–Trinajstić information content (AvgIpc) is 3.59. The number of para-hydroxylation sites is 1. The first-order chi connectivity index (χ1) is 23.4. The van der Waals surface area contributed by atoms with Gasteiger partial charge in [-0.15, -0.1) is 0 Å². The van der Waals surface area contributed by atoms with Gasteiger partial charge in [0.25, 0.3) is 0 Å². The van der Waals surface area contributed by atoms with E-state index >= 15 is 0 Å². The average molecular weight is 757 g/mol. The number of carbonyl (C=O) groups excluding carboxylic acids is 3. The van der Waals surface area contributed by atoms with Gasteiger partial charge in [0.15, 0.2) is 0 Å². The minimum atomic E-state index is -1.66. The lowest BCUT2D eigenvalue weighted by molar-refractivity contribution is -0.180. The van der Waals surface area contributed by atoms with E-state index in [1.54, 1.807) is 6.07 Å². The number of benzene rings is 4. The molecule has 6 atom stereocenters. The van der Waals surface area contributed by atoms with E-state index in [4.69, 9.17) is 14.2 Å². The largest absolute Gasteiger partial charge is 0.491 e. The molecule has 0 bridgehead atoms. The molecule has 48 heavy (non-hydrogen) atoms. The molecule has 4 aromatic carbocycles. The van der Waals surface area contributed by atoms with Gasteiger partial charge in [-0.3, -0.25) is 19.3 Å². The van der Waals surface area contributed by atoms with Crippen LogP contribution in [0.5, 0.6) is 5.75 Å². The molecule has 3 heterocycles. The molecular weight excluding hydrogens is 723 g/mol. The molecule has 3 aliphatic rings. The fourth-order valence-corrected chi connectivity index (χ4v) is 8.22. The highest BCUT2D eigenvalue weighted by Crippen LogP contribution is 2.65. The molecule has 9 nitrogen and oxygen atoms in total. The van der Waals surface area contributed by atoms with Crippen LogP contribution in [0.25, 0.3) is 0 Å². The number of esters is 2. The zero-order valence-corrected chi connectivity index (χ0v) is 28.0. The molecule has 3 aliphatic heterocycles. The molecule has 2 saturated heterocycles. The number of ether oxygens (including phenoxy) is 3. The minimum absolute atomic E-state index is 0.00243. The fraction of sp³-hybridized carbons (Fsp3) is 0.237. The van der Waals surface area contributed by atoms with E-state index in [0.717, 1.165) is 14.7 Å². The molecule has 6 unspecified atom stereocenters. The Morgan fingerprint density at radius 2 is 1.65 bits per heavy atom. The standard InChI is InChI=1S/C38H33IN2O7/c1-2-20-47-35(43)30-32-36(44)48-33(24-13-7-4-8-14-24)31(23-11-5-3-6-12-23)41(32)34(26-15-9-10-16-29(26)46-21-19-42)38(30)27-22-25(39)17-18-28(27)40-37(38)45/h2-18,22,30-34,42H,1,19-21H2,(H,40,45). The Morgan fingerprint density at radius 3 is 2.35 bits per heavy atom. The number of nitrogens with zero attached hydrogens (tertiary/aromatic N) is 1. The molecule has 4 aromatic rings. The highest BCUT2D eigenvalue weighted by Gasteiger charge is 2.74. The van der Waals surface area contributed by atoms with E-state index in [0.29, 0.717) is 22.6 Å². The van der Waals surface area contributed by atoms with Crippen molar-refractivity contribution in [2.24, 2.45) is 5.92 Å². The quantitative estimate of drug-likeness (QED) is 0.128. The van der Waals surface area contributed by atoms with Gasteiger partial charge < -0.3 is 24.6 Å². The summed E-state index contributed by atoms with van der Waals surface area (Å²) in [6.07, 6.45) is 0.667. The summed E-state index contributed by atoms with van der Waals surface area (Å²) in [6.45, 7) is 3.37. The Hall–Kier alpha value is -4.52. The van der Waals surface area contributed by atoms with E-state index in [-0.39, 0.29) is 19.8 Å². The van der Waals surface area contributed by atoms with Gasteiger partial charge in [0.05, 0.1) is 18.7 Å². The van der Waals surface area contributed by atoms with E-state index in [2.05, 4.69) is 34.5 Å². The predicted octanol–water partition coefficient (Wildman–Crippen LogP) is 5.66. The summed E-state index contributed by atoms with van der Waals surface area (Å²) in [6, 6.07) is 29.2. The molecule has 7 rings (SSSR count). The van der Waals surface area contributed by atoms with Gasteiger partial charge in [-0.05, 0) is 63.5 Å². The van der Waals surface area contributed by atoms with Gasteiger partial charge in [-0.25, -0.2) is 0 Å². The van der Waals surface area contributed by atoms with Crippen LogP contribution < -0.4 is 10.1 Å². The van der Waals surface area contributed by atoms with Crippen molar-refractivity contribution in [1.29, 1.82) is 0 Å². The molecule has 1 amide bonds. The van der Waals surface area contributed by atoms with Crippen LogP contribution >= 0.6 is 22.6 Å². The van der Waals surface area contributed by atoms with E-state index in [1.165, 1.54) is 6.08 Å². The van der Waals surface area contributed by atoms with E-state index < -0.39 is 53.4 Å². The lowest BCUT2D eigenvalue weighted by atomic mass is 9.65. The van der Waals surface area contributed by atoms with Crippen molar-refractivity contribution in [2.75, 3.05) is 25.1 Å². The summed E-state index contributed by atoms with van der Waals surface area (Å²) in [4.78, 5) is 46.0. The maximum atomic E-state index is 14.9. The summed E-state index contributed by atoms with van der Waals surface area (Å²) in [5.74, 6) is -2.69. The Bertz CT molecular complexity index is 1870. The van der Waals surface area contributed by atoms with Crippen molar-refractivity contribution in [3.05, 3.63) is 142 Å². The SMILES string of the molecule is C=CCOC(=O)C1C2C(=O)OC(c3ccccc3)C(c3ccccc3)N2C(c2ccccc2OCCO)C12C(=O)Nc1ccc(I)cc12. The Morgan fingerprint density at radius 1 is 0.958 bits per heavy atom. The maximum absolute atomic E-state index is 14.9. The maximum Gasteiger partial charge on any atom is 0.325 e. The minimum Gasteiger partial charge on any atom is -0.491 e. The molecule has 0 saturated carbocycles. The van der Waals surface area contributed by atoms with Crippen molar-refractivity contribution >= 4 is 46.1 Å². The lowest BCUT2D eigenvalue weighted by Gasteiger charge is -2.46. The molecule has 0 aliphatic carbocycles. The zero-order chi connectivity index (χ0) is 33.4. The second-order valence-corrected chi connectivity index (χ2v) is 13.2. The first kappa shape index (κ1) is 32.0. The van der Waals surface area contributed by atoms with Crippen LogP contribution in [0.1, 0.15) is 40.4 Å². The van der Waals surface area contributed by atoms with Crippen molar-refractivity contribution < 1.29 is 33.7 Å². The number of cyclic esters (lactones) is 1. The number of morpholine rings is 1.